The molecule has 3 fully saturated rings. The number of hydrogen-bond donors (Lipinski definition) is 7. The number of aromatic nitrogens is 1. The van der Waals surface area contributed by atoms with E-state index in [0.29, 0.717) is 18.7 Å². The summed E-state index contributed by atoms with van der Waals surface area (Å²) in [5.41, 5.74) is -4.37. The van der Waals surface area contributed by atoms with Gasteiger partial charge in [-0.2, -0.15) is 0 Å². The molecule has 3 aliphatic heterocycles. The first-order valence-electron chi connectivity index (χ1n) is 25.0. The molecule has 18 nitrogen and oxygen atoms in total. The van der Waals surface area contributed by atoms with Crippen LogP contribution in [0.5, 0.6) is 0 Å². The van der Waals surface area contributed by atoms with E-state index in [4.69, 9.17) is 33.3 Å². The molecular formula is C49H89N5O13S. The highest BCUT2D eigenvalue weighted by molar-refractivity contribution is 7.09. The molecule has 18 atom stereocenters. The van der Waals surface area contributed by atoms with Gasteiger partial charge in [-0.3, -0.25) is 4.79 Å². The van der Waals surface area contributed by atoms with E-state index in [1.165, 1.54) is 14.0 Å². The molecule has 19 heteroatoms. The SMILES string of the molecule is CC[C@H]1OC(=O)[C@H](C)[C@@H](OC2CC(C)(OC)C(O)C(C)O2)[C@H](C)[C@@H](OC2OC(C)CC(N(C)C)C2O)[C@](C)(O)C[C@@H](C)/C(=N\OCCNCCCCCCNCc2nccs2)[C@H](C)[C@@H](O)[C@]1(C)O. The van der Waals surface area contributed by atoms with Gasteiger partial charge in [-0.25, -0.2) is 4.98 Å². The van der Waals surface area contributed by atoms with E-state index in [1.54, 1.807) is 59.8 Å². The highest BCUT2D eigenvalue weighted by Crippen LogP contribution is 2.41. The van der Waals surface area contributed by atoms with Gasteiger partial charge in [0.1, 0.15) is 35.5 Å². The molecule has 0 aromatic carbocycles. The monoisotopic (exact) mass is 988 g/mol. The molecule has 3 aliphatic rings. The van der Waals surface area contributed by atoms with Gasteiger partial charge in [0.25, 0.3) is 0 Å². The number of aliphatic hydroxyl groups excluding tert-OH is 3. The Morgan fingerprint density at radius 3 is 2.21 bits per heavy atom. The minimum atomic E-state index is -1.95. The van der Waals surface area contributed by atoms with Crippen LogP contribution in [0.2, 0.25) is 0 Å². The minimum absolute atomic E-state index is 0.00519. The molecule has 0 bridgehead atoms. The van der Waals surface area contributed by atoms with Crippen molar-refractivity contribution in [1.82, 2.24) is 20.5 Å². The van der Waals surface area contributed by atoms with Gasteiger partial charge in [0.2, 0.25) is 0 Å². The van der Waals surface area contributed by atoms with Crippen LogP contribution in [0.4, 0.5) is 0 Å². The molecule has 7 N–H and O–H groups in total. The fraction of sp³-hybridized carbons (Fsp3) is 0.898. The quantitative estimate of drug-likeness (QED) is 0.0556. The number of rotatable bonds is 20. The second kappa shape index (κ2) is 26.7. The van der Waals surface area contributed by atoms with Crippen molar-refractivity contribution < 1.29 is 63.6 Å². The Labute approximate surface area is 410 Å². The molecule has 0 spiro atoms. The fourth-order valence-corrected chi connectivity index (χ4v) is 10.9. The Morgan fingerprint density at radius 2 is 1.59 bits per heavy atom. The van der Waals surface area contributed by atoms with Crippen LogP contribution in [0.15, 0.2) is 16.7 Å². The number of methoxy groups -OCH3 is 1. The first-order chi connectivity index (χ1) is 32.0. The Hall–Kier alpha value is -1.95. The van der Waals surface area contributed by atoms with Crippen molar-refractivity contribution in [3.8, 4) is 0 Å². The maximum absolute atomic E-state index is 14.5. The van der Waals surface area contributed by atoms with Crippen LogP contribution in [0.1, 0.15) is 126 Å². The number of likely N-dealkylation sites (N-methyl/N-ethyl adjacent to an activating group) is 1. The summed E-state index contributed by atoms with van der Waals surface area (Å²) in [5, 5.41) is 74.4. The maximum Gasteiger partial charge on any atom is 0.311 e. The summed E-state index contributed by atoms with van der Waals surface area (Å²) in [6, 6.07) is -0.323. The number of carbonyl (C=O) groups excluding carboxylic acids is 1. The molecule has 4 heterocycles. The average Bonchev–Trinajstić information content (AvgIpc) is 3.81. The third-order valence-corrected chi connectivity index (χ3v) is 15.4. The fourth-order valence-electron chi connectivity index (χ4n) is 10.3. The van der Waals surface area contributed by atoms with Crippen LogP contribution in [-0.2, 0) is 44.6 Å². The first kappa shape index (κ1) is 58.6. The molecule has 0 amide bonds. The van der Waals surface area contributed by atoms with Gasteiger partial charge in [0.05, 0.1) is 53.4 Å². The predicted molar refractivity (Wildman–Crippen MR) is 260 cm³/mol. The molecule has 4 rings (SSSR count). The summed E-state index contributed by atoms with van der Waals surface area (Å²) in [4.78, 5) is 26.6. The van der Waals surface area contributed by atoms with E-state index in [-0.39, 0.29) is 38.0 Å². The van der Waals surface area contributed by atoms with Gasteiger partial charge in [-0.1, -0.05) is 45.7 Å². The Kier molecular flexibility index (Phi) is 23.0. The zero-order valence-corrected chi connectivity index (χ0v) is 44.1. The smallest absolute Gasteiger partial charge is 0.311 e. The highest BCUT2D eigenvalue weighted by atomic mass is 32.1. The average molecular weight is 988 g/mol. The lowest BCUT2D eigenvalue weighted by Crippen LogP contribution is -2.61. The number of nitrogens with one attached hydrogen (secondary N) is 2. The van der Waals surface area contributed by atoms with Gasteiger partial charge in [0, 0.05) is 62.0 Å². The largest absolute Gasteiger partial charge is 0.459 e. The summed E-state index contributed by atoms with van der Waals surface area (Å²) in [6.45, 7) is 20.6. The number of cyclic esters (lactones) is 1. The number of thiazole rings is 1. The van der Waals surface area contributed by atoms with Crippen molar-refractivity contribution in [3.05, 3.63) is 16.6 Å². The zero-order valence-electron chi connectivity index (χ0n) is 43.3. The van der Waals surface area contributed by atoms with Crippen molar-refractivity contribution in [2.24, 2.45) is 28.8 Å². The van der Waals surface area contributed by atoms with Crippen LogP contribution < -0.4 is 10.6 Å². The summed E-state index contributed by atoms with van der Waals surface area (Å²) in [5.74, 6) is -4.02. The van der Waals surface area contributed by atoms with Crippen molar-refractivity contribution in [1.29, 1.82) is 0 Å². The minimum Gasteiger partial charge on any atom is -0.459 e. The number of unbranched alkanes of at least 4 members (excludes halogenated alkanes) is 3. The van der Waals surface area contributed by atoms with Gasteiger partial charge in [0.15, 0.2) is 12.6 Å². The van der Waals surface area contributed by atoms with E-state index in [1.807, 2.05) is 44.4 Å². The van der Waals surface area contributed by atoms with E-state index >= 15 is 0 Å². The molecule has 0 saturated carbocycles. The summed E-state index contributed by atoms with van der Waals surface area (Å²) < 4.78 is 38.0. The second-order valence-electron chi connectivity index (χ2n) is 20.7. The van der Waals surface area contributed by atoms with Crippen molar-refractivity contribution in [3.63, 3.8) is 0 Å². The number of carbonyl (C=O) groups is 1. The normalized spacial score (nSPS) is 40.8. The number of nitrogens with zero attached hydrogens (tertiary/aromatic N) is 3. The molecule has 8 unspecified atom stereocenters. The lowest BCUT2D eigenvalue weighted by molar-refractivity contribution is -0.317. The topological polar surface area (TPSA) is 235 Å². The summed E-state index contributed by atoms with van der Waals surface area (Å²) in [7, 11) is 5.26. The van der Waals surface area contributed by atoms with Crippen molar-refractivity contribution in [2.45, 2.75) is 211 Å². The van der Waals surface area contributed by atoms with E-state index < -0.39 is 102 Å². The first-order valence-corrected chi connectivity index (χ1v) is 25.9. The third kappa shape index (κ3) is 15.5. The number of hydrogen-bond acceptors (Lipinski definition) is 19. The molecule has 1 aromatic rings. The van der Waals surface area contributed by atoms with Gasteiger partial charge in [-0.15, -0.1) is 11.3 Å². The molecule has 0 radical (unpaired) electrons. The van der Waals surface area contributed by atoms with E-state index in [0.717, 1.165) is 50.3 Å². The van der Waals surface area contributed by atoms with Gasteiger partial charge >= 0.3 is 5.97 Å². The van der Waals surface area contributed by atoms with E-state index in [2.05, 4.69) is 20.8 Å². The second-order valence-corrected chi connectivity index (χ2v) is 21.7. The lowest BCUT2D eigenvalue weighted by Gasteiger charge is -2.49. The molecular weight excluding hydrogens is 899 g/mol. The summed E-state index contributed by atoms with van der Waals surface area (Å²) in [6.07, 6.45) is -3.18. The molecule has 0 aliphatic carbocycles. The van der Waals surface area contributed by atoms with Crippen LogP contribution in [0.25, 0.3) is 0 Å². The maximum atomic E-state index is 14.5. The highest BCUT2D eigenvalue weighted by Gasteiger charge is 2.53. The standard InChI is InChI=1S/C49H89N5O13S/c1-14-36-49(10,60)42(56)31(4)39(53-62-23-21-50-19-17-15-16-18-20-51-28-37-52-22-24-68-37)29(2)26-47(8,59)44(67-46-40(55)35(54(11)12)25-30(3)63-46)32(5)41(33(6)45(58)65-36)66-38-27-48(9,61-13)43(57)34(7)64-38/h22,24,29-36,38,40-44,46,50-51,55-57,59-60H,14-21,23,25-28H2,1-13H3/b53-39+/t29-,30?,31+,32+,33-,34?,35?,36-,38?,40?,41+,42-,43?,44-,46?,47-,48?,49-/m1/s1. The third-order valence-electron chi connectivity index (χ3n) is 14.6. The summed E-state index contributed by atoms with van der Waals surface area (Å²) >= 11 is 1.65. The van der Waals surface area contributed by atoms with Crippen molar-refractivity contribution >= 4 is 23.0 Å². The Bertz CT molecular complexity index is 1660. The molecule has 394 valence electrons. The number of ether oxygens (including phenoxy) is 6. The lowest BCUT2D eigenvalue weighted by atomic mass is 9.73. The molecule has 3 saturated heterocycles. The van der Waals surface area contributed by atoms with Crippen LogP contribution in [0.3, 0.4) is 0 Å². The predicted octanol–water partition coefficient (Wildman–Crippen LogP) is 3.99. The number of oxime groups is 1. The van der Waals surface area contributed by atoms with Gasteiger partial charge < -0.3 is 74.3 Å². The van der Waals surface area contributed by atoms with E-state index in [9.17, 15) is 30.3 Å². The van der Waals surface area contributed by atoms with Crippen molar-refractivity contribution in [2.75, 3.05) is 47.4 Å². The number of esters is 1. The number of aliphatic hydroxyl groups is 5. The van der Waals surface area contributed by atoms with Crippen LogP contribution in [-0.4, -0.2) is 179 Å². The van der Waals surface area contributed by atoms with Gasteiger partial charge in [-0.05, 0) is 101 Å². The van der Waals surface area contributed by atoms with Crippen LogP contribution in [0, 0.1) is 23.7 Å². The zero-order chi connectivity index (χ0) is 50.6. The molecule has 68 heavy (non-hydrogen) atoms. The Morgan fingerprint density at radius 1 is 0.912 bits per heavy atom. The molecule has 1 aromatic heterocycles. The Balaban J connectivity index is 1.62. The van der Waals surface area contributed by atoms with Crippen LogP contribution >= 0.6 is 11.3 Å².